The molecule has 0 fully saturated rings. The van der Waals surface area contributed by atoms with E-state index in [4.69, 9.17) is 0 Å². The van der Waals surface area contributed by atoms with Gasteiger partial charge in [0.15, 0.2) is 11.4 Å². The van der Waals surface area contributed by atoms with Crippen molar-refractivity contribution in [1.29, 1.82) is 0 Å². The monoisotopic (exact) mass is 352 g/mol. The topological polar surface area (TPSA) is 3.88 Å². The second-order valence-corrected chi connectivity index (χ2v) is 7.63. The van der Waals surface area contributed by atoms with Gasteiger partial charge >= 0.3 is 0 Å². The summed E-state index contributed by atoms with van der Waals surface area (Å²) in [6.45, 7) is 11.0. The molecule has 134 valence electrons. The van der Waals surface area contributed by atoms with Crippen molar-refractivity contribution < 1.29 is 4.57 Å². The molecule has 0 radical (unpaired) electrons. The second kappa shape index (κ2) is 6.66. The van der Waals surface area contributed by atoms with Gasteiger partial charge in [0.1, 0.15) is 0 Å². The number of rotatable bonds is 2. The molecule has 2 aromatic rings. The maximum Gasteiger partial charge on any atom is 0.211 e. The summed E-state index contributed by atoms with van der Waals surface area (Å²) in [5, 5.41) is 0. The predicted octanol–water partition coefficient (Wildman–Crippen LogP) is 6.28. The largest absolute Gasteiger partial charge is 0.211 e. The van der Waals surface area contributed by atoms with Gasteiger partial charge in [-0.1, -0.05) is 48.0 Å². The lowest BCUT2D eigenvalue weighted by Gasteiger charge is -2.10. The SMILES string of the molecule is Cc1cc(C)c2ccc(-c3cc(C)[n+](-c4ccccc4)c(C)c3)c-2c(C)c1. The summed E-state index contributed by atoms with van der Waals surface area (Å²) in [5.74, 6) is 0. The molecule has 1 aromatic heterocycles. The lowest BCUT2D eigenvalue weighted by Crippen LogP contribution is -2.37. The number of pyridine rings is 1. The van der Waals surface area contributed by atoms with E-state index in [9.17, 15) is 0 Å². The van der Waals surface area contributed by atoms with Crippen LogP contribution in [0, 0.1) is 34.6 Å². The molecule has 0 spiro atoms. The van der Waals surface area contributed by atoms with E-state index in [-0.39, 0.29) is 0 Å². The van der Waals surface area contributed by atoms with E-state index >= 15 is 0 Å². The Labute approximate surface area is 162 Å². The summed E-state index contributed by atoms with van der Waals surface area (Å²) >= 11 is 0. The quantitative estimate of drug-likeness (QED) is 0.374. The summed E-state index contributed by atoms with van der Waals surface area (Å²) in [4.78, 5) is 0. The van der Waals surface area contributed by atoms with E-state index in [1.54, 1.807) is 0 Å². The molecular formula is C26H26N+. The van der Waals surface area contributed by atoms with E-state index < -0.39 is 0 Å². The fourth-order valence-corrected chi connectivity index (χ4v) is 4.39. The molecule has 0 amide bonds. The molecule has 0 saturated heterocycles. The first kappa shape index (κ1) is 17.5. The first-order chi connectivity index (χ1) is 13.0. The van der Waals surface area contributed by atoms with Gasteiger partial charge in [-0.15, -0.1) is 0 Å². The Morgan fingerprint density at radius 3 is 1.85 bits per heavy atom. The second-order valence-electron chi connectivity index (χ2n) is 7.63. The van der Waals surface area contributed by atoms with Crippen LogP contribution >= 0.6 is 0 Å². The fraction of sp³-hybridized carbons (Fsp3) is 0.192. The van der Waals surface area contributed by atoms with Crippen molar-refractivity contribution in [2.75, 3.05) is 0 Å². The molecule has 1 heteroatoms. The van der Waals surface area contributed by atoms with E-state index in [1.165, 1.54) is 56.0 Å². The zero-order valence-corrected chi connectivity index (χ0v) is 16.8. The van der Waals surface area contributed by atoms with Crippen LogP contribution in [0.15, 0.2) is 66.7 Å². The van der Waals surface area contributed by atoms with E-state index in [0.29, 0.717) is 0 Å². The van der Waals surface area contributed by atoms with E-state index in [2.05, 4.69) is 106 Å². The summed E-state index contributed by atoms with van der Waals surface area (Å²) in [6.07, 6.45) is 0. The Bertz CT molecular complexity index is 1080. The third-order valence-electron chi connectivity index (χ3n) is 5.42. The first-order valence-electron chi connectivity index (χ1n) is 9.55. The van der Waals surface area contributed by atoms with Gasteiger partial charge in [-0.2, -0.15) is 4.57 Å². The minimum Gasteiger partial charge on any atom is -0.162 e. The van der Waals surface area contributed by atoms with Gasteiger partial charge in [0, 0.05) is 38.1 Å². The van der Waals surface area contributed by atoms with Crippen LogP contribution in [-0.2, 0) is 0 Å². The summed E-state index contributed by atoms with van der Waals surface area (Å²) in [7, 11) is 0. The van der Waals surface area contributed by atoms with Gasteiger partial charge in [-0.05, 0) is 54.2 Å². The van der Waals surface area contributed by atoms with Crippen LogP contribution in [0.3, 0.4) is 0 Å². The molecule has 27 heavy (non-hydrogen) atoms. The van der Waals surface area contributed by atoms with Gasteiger partial charge in [0.2, 0.25) is 5.69 Å². The Hall–Kier alpha value is -2.93. The zero-order valence-electron chi connectivity index (χ0n) is 16.8. The van der Waals surface area contributed by atoms with Gasteiger partial charge in [0.05, 0.1) is 0 Å². The van der Waals surface area contributed by atoms with Crippen molar-refractivity contribution >= 4 is 0 Å². The van der Waals surface area contributed by atoms with Crippen molar-refractivity contribution in [2.24, 2.45) is 0 Å². The lowest BCUT2D eigenvalue weighted by atomic mass is 9.97. The molecule has 2 aliphatic carbocycles. The van der Waals surface area contributed by atoms with Crippen molar-refractivity contribution in [2.45, 2.75) is 34.6 Å². The number of nitrogens with zero attached hydrogens (tertiary/aromatic N) is 1. The number of hydrogen-bond acceptors (Lipinski definition) is 0. The molecule has 1 aromatic carbocycles. The standard InChI is InChI=1S/C26H26N/c1-17-13-18(2)24-11-12-25(26(24)19(3)14-17)22-15-20(4)27(21(5)16-22)23-9-7-6-8-10-23/h6-16H,1-5H3/q+1. The number of aryl methyl sites for hydroxylation is 5. The van der Waals surface area contributed by atoms with Crippen molar-refractivity contribution in [3.8, 4) is 27.9 Å². The lowest BCUT2D eigenvalue weighted by molar-refractivity contribution is -0.609. The van der Waals surface area contributed by atoms with Gasteiger partial charge in [-0.25, -0.2) is 0 Å². The zero-order chi connectivity index (χ0) is 19.1. The van der Waals surface area contributed by atoms with E-state index in [1.807, 2.05) is 0 Å². The average molecular weight is 353 g/mol. The molecule has 0 aliphatic heterocycles. The molecule has 2 aliphatic rings. The van der Waals surface area contributed by atoms with Crippen LogP contribution in [0.2, 0.25) is 0 Å². The van der Waals surface area contributed by atoms with Gasteiger partial charge in [0.25, 0.3) is 0 Å². The normalized spacial score (nSPS) is 11.1. The number of hydrogen-bond donors (Lipinski definition) is 0. The third kappa shape index (κ3) is 3.04. The maximum atomic E-state index is 2.32. The predicted molar refractivity (Wildman–Crippen MR) is 114 cm³/mol. The molecule has 0 N–H and O–H groups in total. The molecule has 4 rings (SSSR count). The third-order valence-corrected chi connectivity index (χ3v) is 5.42. The summed E-state index contributed by atoms with van der Waals surface area (Å²) < 4.78 is 2.32. The minimum absolute atomic E-state index is 1.21. The smallest absolute Gasteiger partial charge is 0.162 e. The highest BCUT2D eigenvalue weighted by atomic mass is 15.0. The number of fused-ring (bicyclic) bond motifs is 1. The highest BCUT2D eigenvalue weighted by Gasteiger charge is 2.20. The maximum absolute atomic E-state index is 2.32. The van der Waals surface area contributed by atoms with Crippen LogP contribution < -0.4 is 4.57 Å². The van der Waals surface area contributed by atoms with Crippen LogP contribution in [0.5, 0.6) is 0 Å². The molecular weight excluding hydrogens is 326 g/mol. The average Bonchev–Trinajstić information content (AvgIpc) is 3.03. The van der Waals surface area contributed by atoms with Crippen LogP contribution in [0.1, 0.15) is 28.1 Å². The van der Waals surface area contributed by atoms with Crippen LogP contribution in [0.25, 0.3) is 27.9 Å². The van der Waals surface area contributed by atoms with Gasteiger partial charge in [-0.3, -0.25) is 0 Å². The van der Waals surface area contributed by atoms with Crippen molar-refractivity contribution in [1.82, 2.24) is 0 Å². The first-order valence-corrected chi connectivity index (χ1v) is 9.55. The minimum atomic E-state index is 1.21. The van der Waals surface area contributed by atoms with Crippen molar-refractivity contribution in [3.63, 3.8) is 0 Å². The van der Waals surface area contributed by atoms with Crippen LogP contribution in [-0.4, -0.2) is 0 Å². The molecule has 0 bridgehead atoms. The fourth-order valence-electron chi connectivity index (χ4n) is 4.39. The summed E-state index contributed by atoms with van der Waals surface area (Å²) in [6, 6.07) is 24.3. The molecule has 1 nitrogen and oxygen atoms in total. The Balaban J connectivity index is 1.92. The Morgan fingerprint density at radius 1 is 0.593 bits per heavy atom. The summed E-state index contributed by atoms with van der Waals surface area (Å²) in [5.41, 5.74) is 13.0. The number of para-hydroxylation sites is 1. The molecule has 1 heterocycles. The molecule has 0 atom stereocenters. The van der Waals surface area contributed by atoms with Crippen molar-refractivity contribution in [3.05, 3.63) is 94.8 Å². The Morgan fingerprint density at radius 2 is 1.19 bits per heavy atom. The Kier molecular flexibility index (Phi) is 4.31. The highest BCUT2D eigenvalue weighted by Crippen LogP contribution is 2.39. The molecule has 0 unspecified atom stereocenters. The van der Waals surface area contributed by atoms with E-state index in [0.717, 1.165) is 0 Å². The number of benzene rings is 1. The number of aromatic nitrogens is 1. The van der Waals surface area contributed by atoms with Gasteiger partial charge < -0.3 is 0 Å². The van der Waals surface area contributed by atoms with Crippen LogP contribution in [0.4, 0.5) is 0 Å². The highest BCUT2D eigenvalue weighted by molar-refractivity contribution is 5.89. The molecule has 0 saturated carbocycles.